The molecule has 0 heterocycles. The lowest BCUT2D eigenvalue weighted by Crippen LogP contribution is -2.33. The van der Waals surface area contributed by atoms with Crippen LogP contribution in [0.25, 0.3) is 0 Å². The van der Waals surface area contributed by atoms with Crippen molar-refractivity contribution in [1.82, 2.24) is 5.32 Å². The SMILES string of the molecule is COc1cc(C(=O)NC2CCC(C(=O)O)C2)ccc1F. The molecule has 1 aromatic carbocycles. The molecule has 1 aromatic rings. The van der Waals surface area contributed by atoms with Crippen LogP contribution in [0.1, 0.15) is 29.6 Å². The maximum absolute atomic E-state index is 13.3. The van der Waals surface area contributed by atoms with E-state index in [4.69, 9.17) is 9.84 Å². The number of carbonyl (C=O) groups is 2. The normalized spacial score (nSPS) is 21.5. The van der Waals surface area contributed by atoms with Crippen LogP contribution in [0.5, 0.6) is 5.75 Å². The molecule has 1 aliphatic carbocycles. The molecule has 2 N–H and O–H groups in total. The zero-order valence-electron chi connectivity index (χ0n) is 11.1. The van der Waals surface area contributed by atoms with Crippen LogP contribution in [0.4, 0.5) is 4.39 Å². The maximum atomic E-state index is 13.3. The molecule has 1 saturated carbocycles. The van der Waals surface area contributed by atoms with Gasteiger partial charge < -0.3 is 15.2 Å². The first kappa shape index (κ1) is 14.3. The van der Waals surface area contributed by atoms with E-state index in [9.17, 15) is 14.0 Å². The molecule has 6 heteroatoms. The highest BCUT2D eigenvalue weighted by molar-refractivity contribution is 5.94. The first-order valence-electron chi connectivity index (χ1n) is 6.38. The number of carboxylic acids is 1. The van der Waals surface area contributed by atoms with Gasteiger partial charge in [-0.25, -0.2) is 4.39 Å². The van der Waals surface area contributed by atoms with Gasteiger partial charge in [0.2, 0.25) is 0 Å². The first-order chi connectivity index (χ1) is 9.51. The summed E-state index contributed by atoms with van der Waals surface area (Å²) in [7, 11) is 1.33. The van der Waals surface area contributed by atoms with E-state index in [2.05, 4.69) is 5.32 Å². The third-order valence-electron chi connectivity index (χ3n) is 3.53. The topological polar surface area (TPSA) is 75.6 Å². The van der Waals surface area contributed by atoms with E-state index >= 15 is 0 Å². The molecule has 0 aromatic heterocycles. The molecule has 2 rings (SSSR count). The number of aliphatic carboxylic acids is 1. The van der Waals surface area contributed by atoms with E-state index in [1.54, 1.807) is 0 Å². The minimum absolute atomic E-state index is 0.00693. The van der Waals surface area contributed by atoms with Gasteiger partial charge in [0, 0.05) is 11.6 Å². The number of rotatable bonds is 4. The summed E-state index contributed by atoms with van der Waals surface area (Å²) in [6.07, 6.45) is 1.63. The molecule has 0 aliphatic heterocycles. The number of hydrogen-bond acceptors (Lipinski definition) is 3. The van der Waals surface area contributed by atoms with Crippen LogP contribution >= 0.6 is 0 Å². The Morgan fingerprint density at radius 1 is 1.40 bits per heavy atom. The fourth-order valence-electron chi connectivity index (χ4n) is 2.41. The lowest BCUT2D eigenvalue weighted by Gasteiger charge is -2.13. The van der Waals surface area contributed by atoms with Crippen molar-refractivity contribution >= 4 is 11.9 Å². The Kier molecular flexibility index (Phi) is 4.22. The third-order valence-corrected chi connectivity index (χ3v) is 3.53. The summed E-state index contributed by atoms with van der Waals surface area (Å²) in [6.45, 7) is 0. The minimum atomic E-state index is -0.829. The Morgan fingerprint density at radius 2 is 2.15 bits per heavy atom. The molecule has 2 atom stereocenters. The Hall–Kier alpha value is -2.11. The highest BCUT2D eigenvalue weighted by Crippen LogP contribution is 2.26. The van der Waals surface area contributed by atoms with Gasteiger partial charge in [-0.15, -0.1) is 0 Å². The van der Waals surface area contributed by atoms with Crippen molar-refractivity contribution in [3.8, 4) is 5.75 Å². The van der Waals surface area contributed by atoms with E-state index in [0.29, 0.717) is 24.8 Å². The summed E-state index contributed by atoms with van der Waals surface area (Å²) in [6, 6.07) is 3.72. The van der Waals surface area contributed by atoms with Crippen molar-refractivity contribution < 1.29 is 23.8 Å². The van der Waals surface area contributed by atoms with Crippen molar-refractivity contribution in [2.45, 2.75) is 25.3 Å². The number of ether oxygens (including phenoxy) is 1. The average molecular weight is 281 g/mol. The number of nitrogens with one attached hydrogen (secondary N) is 1. The third kappa shape index (κ3) is 3.07. The summed E-state index contributed by atoms with van der Waals surface area (Å²) in [4.78, 5) is 22.9. The molecule has 2 unspecified atom stereocenters. The molecule has 5 nitrogen and oxygen atoms in total. The number of benzene rings is 1. The lowest BCUT2D eigenvalue weighted by atomic mass is 10.1. The highest BCUT2D eigenvalue weighted by atomic mass is 19.1. The second-order valence-electron chi connectivity index (χ2n) is 4.87. The summed E-state index contributed by atoms with van der Waals surface area (Å²) >= 11 is 0. The van der Waals surface area contributed by atoms with Crippen molar-refractivity contribution in [3.63, 3.8) is 0 Å². The quantitative estimate of drug-likeness (QED) is 0.882. The molecular formula is C14H16FNO4. The molecule has 20 heavy (non-hydrogen) atoms. The molecule has 0 bridgehead atoms. The molecule has 0 spiro atoms. The van der Waals surface area contributed by atoms with Crippen LogP contribution in [-0.4, -0.2) is 30.1 Å². The lowest BCUT2D eigenvalue weighted by molar-refractivity contribution is -0.141. The predicted octanol–water partition coefficient (Wildman–Crippen LogP) is 1.82. The molecule has 1 amide bonds. The number of carboxylic acid groups (broad SMARTS) is 1. The molecule has 0 radical (unpaired) electrons. The van der Waals surface area contributed by atoms with Gasteiger partial charge >= 0.3 is 5.97 Å². The van der Waals surface area contributed by atoms with E-state index in [0.717, 1.165) is 0 Å². The number of halogens is 1. The summed E-state index contributed by atoms with van der Waals surface area (Å²) in [5, 5.41) is 11.7. The Bertz CT molecular complexity index is 532. The standard InChI is InChI=1S/C14H16FNO4/c1-20-12-7-8(3-5-11(12)15)13(17)16-10-4-2-9(6-10)14(18)19/h3,5,7,9-10H,2,4,6H2,1H3,(H,16,17)(H,18,19). The monoisotopic (exact) mass is 281 g/mol. The summed E-state index contributed by atoms with van der Waals surface area (Å²) < 4.78 is 18.1. The zero-order chi connectivity index (χ0) is 14.7. The second-order valence-corrected chi connectivity index (χ2v) is 4.87. The van der Waals surface area contributed by atoms with Gasteiger partial charge in [0.1, 0.15) is 0 Å². The molecular weight excluding hydrogens is 265 g/mol. The zero-order valence-corrected chi connectivity index (χ0v) is 11.1. The van der Waals surface area contributed by atoms with Crippen molar-refractivity contribution in [2.24, 2.45) is 5.92 Å². The van der Waals surface area contributed by atoms with Gasteiger partial charge in [-0.05, 0) is 37.5 Å². The summed E-state index contributed by atoms with van der Waals surface area (Å²) in [5.41, 5.74) is 0.294. The van der Waals surface area contributed by atoms with Gasteiger partial charge in [-0.3, -0.25) is 9.59 Å². The van der Waals surface area contributed by atoms with Crippen molar-refractivity contribution in [3.05, 3.63) is 29.6 Å². The number of methoxy groups -OCH3 is 1. The average Bonchev–Trinajstić information content (AvgIpc) is 2.88. The fourth-order valence-corrected chi connectivity index (χ4v) is 2.41. The predicted molar refractivity (Wildman–Crippen MR) is 69.2 cm³/mol. The summed E-state index contributed by atoms with van der Waals surface area (Å²) in [5.74, 6) is -2.10. The Labute approximate surface area is 115 Å². The Balaban J connectivity index is 2.00. The largest absolute Gasteiger partial charge is 0.494 e. The molecule has 1 fully saturated rings. The van der Waals surface area contributed by atoms with Gasteiger partial charge in [0.25, 0.3) is 5.91 Å². The van der Waals surface area contributed by atoms with Crippen LogP contribution in [-0.2, 0) is 4.79 Å². The van der Waals surface area contributed by atoms with E-state index in [1.165, 1.54) is 25.3 Å². The van der Waals surface area contributed by atoms with E-state index < -0.39 is 17.7 Å². The van der Waals surface area contributed by atoms with Crippen molar-refractivity contribution in [2.75, 3.05) is 7.11 Å². The van der Waals surface area contributed by atoms with Crippen molar-refractivity contribution in [1.29, 1.82) is 0 Å². The smallest absolute Gasteiger partial charge is 0.306 e. The van der Waals surface area contributed by atoms with Crippen LogP contribution in [0.3, 0.4) is 0 Å². The minimum Gasteiger partial charge on any atom is -0.494 e. The fraction of sp³-hybridized carbons (Fsp3) is 0.429. The first-order valence-corrected chi connectivity index (χ1v) is 6.38. The van der Waals surface area contributed by atoms with Crippen LogP contribution in [0.2, 0.25) is 0 Å². The van der Waals surface area contributed by atoms with Crippen LogP contribution in [0.15, 0.2) is 18.2 Å². The van der Waals surface area contributed by atoms with Gasteiger partial charge in [-0.1, -0.05) is 0 Å². The highest BCUT2D eigenvalue weighted by Gasteiger charge is 2.30. The van der Waals surface area contributed by atoms with Crippen LogP contribution in [0, 0.1) is 11.7 Å². The Morgan fingerprint density at radius 3 is 2.75 bits per heavy atom. The maximum Gasteiger partial charge on any atom is 0.306 e. The number of carbonyl (C=O) groups excluding carboxylic acids is 1. The van der Waals surface area contributed by atoms with Gasteiger partial charge in [0.15, 0.2) is 11.6 Å². The number of amides is 1. The van der Waals surface area contributed by atoms with E-state index in [1.807, 2.05) is 0 Å². The van der Waals surface area contributed by atoms with E-state index in [-0.39, 0.29) is 17.7 Å². The van der Waals surface area contributed by atoms with Gasteiger partial charge in [-0.2, -0.15) is 0 Å². The second kappa shape index (κ2) is 5.90. The molecule has 108 valence electrons. The molecule has 1 aliphatic rings. The van der Waals surface area contributed by atoms with Gasteiger partial charge in [0.05, 0.1) is 13.0 Å². The number of hydrogen-bond donors (Lipinski definition) is 2. The van der Waals surface area contributed by atoms with Crippen LogP contribution < -0.4 is 10.1 Å². The molecule has 0 saturated heterocycles.